The van der Waals surface area contributed by atoms with Gasteiger partial charge in [0.25, 0.3) is 5.91 Å². The summed E-state index contributed by atoms with van der Waals surface area (Å²) in [4.78, 5) is 25.2. The molecule has 0 saturated heterocycles. The van der Waals surface area contributed by atoms with E-state index in [-0.39, 0.29) is 29.9 Å². The van der Waals surface area contributed by atoms with E-state index >= 15 is 0 Å². The van der Waals surface area contributed by atoms with Crippen molar-refractivity contribution in [2.24, 2.45) is 27.1 Å². The first-order valence-electron chi connectivity index (χ1n) is 10.9. The summed E-state index contributed by atoms with van der Waals surface area (Å²) >= 11 is 0. The predicted molar refractivity (Wildman–Crippen MR) is 120 cm³/mol. The average Bonchev–Trinajstić information content (AvgIpc) is 3.16. The molecule has 164 valence electrons. The third-order valence-electron chi connectivity index (χ3n) is 7.55. The first-order valence-corrected chi connectivity index (χ1v) is 10.9. The normalized spacial score (nSPS) is 34.1. The number of guanidine groups is 1. The van der Waals surface area contributed by atoms with Crippen molar-refractivity contribution >= 4 is 23.4 Å². The van der Waals surface area contributed by atoms with Gasteiger partial charge in [-0.15, -0.1) is 0 Å². The van der Waals surface area contributed by atoms with Crippen LogP contribution in [0.4, 0.5) is 5.69 Å². The number of amidine groups is 1. The van der Waals surface area contributed by atoms with Crippen LogP contribution in [-0.4, -0.2) is 48.9 Å². The van der Waals surface area contributed by atoms with Crippen molar-refractivity contribution in [3.63, 3.8) is 0 Å². The number of nitrogens with two attached hydrogens (primary N) is 2. The number of fused-ring (bicyclic) bond motifs is 3. The van der Waals surface area contributed by atoms with Crippen molar-refractivity contribution in [1.82, 2.24) is 10.2 Å². The molecular formula is C23H30N6O2. The third-order valence-corrected chi connectivity index (χ3v) is 7.55. The fourth-order valence-corrected chi connectivity index (χ4v) is 6.17. The fraction of sp³-hybridized carbons (Fsp3) is 0.522. The van der Waals surface area contributed by atoms with Crippen LogP contribution < -0.4 is 16.8 Å². The maximum absolute atomic E-state index is 14.2. The standard InChI is InChI=1S/C23H30N6O2/c1-14-11-22(7-6-18(14)31-2)12-15-4-5-16(24)10-17(15)23(22)20(30)29(21(25)28-23)13-19-26-8-3-9-27-19/h3-5,8,10,14,18H,6-7,9,11-13,24H2,1-2H3,(H2,25,28)(H,26,27). The molecule has 1 saturated carbocycles. The van der Waals surface area contributed by atoms with Gasteiger partial charge in [-0.25, -0.2) is 4.99 Å². The highest BCUT2D eigenvalue weighted by Gasteiger charge is 2.67. The summed E-state index contributed by atoms with van der Waals surface area (Å²) in [5, 5.41) is 3.11. The second-order valence-corrected chi connectivity index (χ2v) is 9.27. The number of rotatable bonds is 3. The molecule has 4 unspecified atom stereocenters. The Kier molecular flexibility index (Phi) is 4.58. The van der Waals surface area contributed by atoms with E-state index in [1.165, 1.54) is 0 Å². The zero-order valence-corrected chi connectivity index (χ0v) is 18.1. The van der Waals surface area contributed by atoms with E-state index in [0.29, 0.717) is 24.0 Å². The van der Waals surface area contributed by atoms with Crippen LogP contribution >= 0.6 is 0 Å². The van der Waals surface area contributed by atoms with Gasteiger partial charge in [-0.2, -0.15) is 0 Å². The summed E-state index contributed by atoms with van der Waals surface area (Å²) in [7, 11) is 1.77. The molecule has 5 rings (SSSR count). The molecule has 2 aliphatic carbocycles. The molecule has 0 radical (unpaired) electrons. The Morgan fingerprint density at radius 2 is 2.19 bits per heavy atom. The molecule has 4 atom stereocenters. The Balaban J connectivity index is 1.59. The first-order chi connectivity index (χ1) is 14.9. The molecule has 0 aromatic heterocycles. The van der Waals surface area contributed by atoms with E-state index in [4.69, 9.17) is 21.2 Å². The Morgan fingerprint density at radius 1 is 1.35 bits per heavy atom. The number of hydrogen-bond donors (Lipinski definition) is 3. The third kappa shape index (κ3) is 2.81. The molecule has 1 aromatic carbocycles. The number of amides is 1. The number of ether oxygens (including phenoxy) is 1. The molecular weight excluding hydrogens is 392 g/mol. The molecule has 2 aliphatic heterocycles. The van der Waals surface area contributed by atoms with Crippen molar-refractivity contribution in [3.8, 4) is 0 Å². The van der Waals surface area contributed by atoms with Crippen molar-refractivity contribution in [1.29, 1.82) is 0 Å². The number of aliphatic imine (C=N–C) groups is 2. The van der Waals surface area contributed by atoms with Gasteiger partial charge in [-0.1, -0.05) is 13.0 Å². The number of hydrogen-bond acceptors (Lipinski definition) is 7. The first kappa shape index (κ1) is 20.1. The Labute approximate surface area is 182 Å². The van der Waals surface area contributed by atoms with Crippen LogP contribution in [0.1, 0.15) is 37.3 Å². The van der Waals surface area contributed by atoms with Crippen LogP contribution in [0.25, 0.3) is 0 Å². The Bertz CT molecular complexity index is 1020. The summed E-state index contributed by atoms with van der Waals surface area (Å²) in [6, 6.07) is 5.88. The van der Waals surface area contributed by atoms with E-state index in [9.17, 15) is 4.79 Å². The van der Waals surface area contributed by atoms with Crippen LogP contribution in [0.2, 0.25) is 0 Å². The predicted octanol–water partition coefficient (Wildman–Crippen LogP) is 1.51. The largest absolute Gasteiger partial charge is 0.399 e. The highest BCUT2D eigenvalue weighted by Crippen LogP contribution is 2.62. The molecule has 1 aromatic rings. The number of benzene rings is 1. The maximum atomic E-state index is 14.2. The zero-order chi connectivity index (χ0) is 21.8. The summed E-state index contributed by atoms with van der Waals surface area (Å²) in [6.07, 6.45) is 7.34. The van der Waals surface area contributed by atoms with Crippen molar-refractivity contribution in [2.45, 2.75) is 44.2 Å². The number of nitrogens with zero attached hydrogens (tertiary/aromatic N) is 3. The minimum absolute atomic E-state index is 0.0727. The topological polar surface area (TPSA) is 118 Å². The smallest absolute Gasteiger partial charge is 0.262 e. The SMILES string of the molecule is COC1CCC2(Cc3ccc(N)cc3C23N=C(N)N(CC2=NCC=CN2)C3=O)CC1C. The lowest BCUT2D eigenvalue weighted by Gasteiger charge is -2.47. The number of methoxy groups -OCH3 is 1. The Morgan fingerprint density at radius 3 is 2.90 bits per heavy atom. The van der Waals surface area contributed by atoms with Crippen LogP contribution in [0.15, 0.2) is 40.5 Å². The summed E-state index contributed by atoms with van der Waals surface area (Å²) < 4.78 is 5.72. The van der Waals surface area contributed by atoms with Crippen molar-refractivity contribution < 1.29 is 9.53 Å². The molecule has 31 heavy (non-hydrogen) atoms. The molecule has 1 amide bonds. The lowest BCUT2D eigenvalue weighted by Crippen LogP contribution is -2.54. The van der Waals surface area contributed by atoms with Crippen LogP contribution in [-0.2, 0) is 21.5 Å². The summed E-state index contributed by atoms with van der Waals surface area (Å²) in [5.74, 6) is 1.20. The van der Waals surface area contributed by atoms with E-state index < -0.39 is 5.54 Å². The van der Waals surface area contributed by atoms with Gasteiger partial charge in [0.1, 0.15) is 5.84 Å². The van der Waals surface area contributed by atoms with Crippen molar-refractivity contribution in [2.75, 3.05) is 25.9 Å². The highest BCUT2D eigenvalue weighted by atomic mass is 16.5. The zero-order valence-electron chi connectivity index (χ0n) is 18.1. The Hall–Kier alpha value is -2.87. The van der Waals surface area contributed by atoms with Gasteiger partial charge in [0, 0.05) is 24.4 Å². The summed E-state index contributed by atoms with van der Waals surface area (Å²) in [6.45, 7) is 3.08. The highest BCUT2D eigenvalue weighted by molar-refractivity contribution is 6.10. The van der Waals surface area contributed by atoms with Gasteiger partial charge in [-0.05, 0) is 60.9 Å². The molecule has 0 bridgehead atoms. The van der Waals surface area contributed by atoms with Crippen LogP contribution in [0.5, 0.6) is 0 Å². The van der Waals surface area contributed by atoms with Crippen LogP contribution in [0, 0.1) is 11.3 Å². The maximum Gasteiger partial charge on any atom is 0.262 e. The molecule has 2 heterocycles. The lowest BCUT2D eigenvalue weighted by molar-refractivity contribution is -0.139. The second kappa shape index (κ2) is 7.09. The van der Waals surface area contributed by atoms with Gasteiger partial charge < -0.3 is 21.5 Å². The molecule has 1 fully saturated rings. The van der Waals surface area contributed by atoms with E-state index in [1.54, 1.807) is 12.0 Å². The number of nitrogens with one attached hydrogen (secondary N) is 1. The minimum Gasteiger partial charge on any atom is -0.399 e. The van der Waals surface area contributed by atoms with E-state index in [1.807, 2.05) is 30.5 Å². The molecule has 8 nitrogen and oxygen atoms in total. The van der Waals surface area contributed by atoms with Gasteiger partial charge in [0.2, 0.25) is 0 Å². The number of nitrogen functional groups attached to an aromatic ring is 1. The quantitative estimate of drug-likeness (QED) is 0.638. The molecule has 5 N–H and O–H groups in total. The van der Waals surface area contributed by atoms with Crippen molar-refractivity contribution in [3.05, 3.63) is 41.6 Å². The monoisotopic (exact) mass is 422 g/mol. The molecule has 8 heteroatoms. The van der Waals surface area contributed by atoms with Crippen LogP contribution in [0.3, 0.4) is 0 Å². The molecule has 4 aliphatic rings. The fourth-order valence-electron chi connectivity index (χ4n) is 6.17. The minimum atomic E-state index is -1.04. The summed E-state index contributed by atoms with van der Waals surface area (Å²) in [5.41, 5.74) is 13.9. The number of carbonyl (C=O) groups excluding carboxylic acids is 1. The van der Waals surface area contributed by atoms with E-state index in [0.717, 1.165) is 36.8 Å². The second-order valence-electron chi connectivity index (χ2n) is 9.27. The van der Waals surface area contributed by atoms with Gasteiger partial charge in [-0.3, -0.25) is 14.7 Å². The molecule has 2 spiro atoms. The lowest BCUT2D eigenvalue weighted by atomic mass is 9.59. The van der Waals surface area contributed by atoms with Gasteiger partial charge in [0.05, 0.1) is 19.2 Å². The number of carbonyl (C=O) groups is 1. The number of anilines is 1. The van der Waals surface area contributed by atoms with Gasteiger partial charge in [0.15, 0.2) is 11.5 Å². The average molecular weight is 423 g/mol. The van der Waals surface area contributed by atoms with E-state index in [2.05, 4.69) is 17.2 Å². The van der Waals surface area contributed by atoms with Gasteiger partial charge >= 0.3 is 0 Å².